The summed E-state index contributed by atoms with van der Waals surface area (Å²) in [6.07, 6.45) is -2.46. The first-order valence-electron chi connectivity index (χ1n) is 9.06. The smallest absolute Gasteiger partial charge is 0.417 e. The van der Waals surface area contributed by atoms with E-state index in [0.717, 1.165) is 23.6 Å². The van der Waals surface area contributed by atoms with E-state index in [1.165, 1.54) is 6.07 Å². The number of aromatic nitrogens is 1. The number of hydrogen-bond acceptors (Lipinski definition) is 4. The first-order chi connectivity index (χ1) is 13.4. The van der Waals surface area contributed by atoms with Crippen LogP contribution >= 0.6 is 0 Å². The largest absolute Gasteiger partial charge is 0.497 e. The second-order valence-electron chi connectivity index (χ2n) is 6.62. The third kappa shape index (κ3) is 4.94. The maximum absolute atomic E-state index is 12.6. The number of carbonyl (C=O) groups excluding carboxylic acids is 1. The highest BCUT2D eigenvalue weighted by Crippen LogP contribution is 2.29. The van der Waals surface area contributed by atoms with Crippen molar-refractivity contribution in [2.24, 2.45) is 0 Å². The van der Waals surface area contributed by atoms with Gasteiger partial charge in [-0.15, -0.1) is 0 Å². The van der Waals surface area contributed by atoms with Crippen LogP contribution in [-0.2, 0) is 17.4 Å². The summed E-state index contributed by atoms with van der Waals surface area (Å²) >= 11 is 0. The summed E-state index contributed by atoms with van der Waals surface area (Å²) in [7, 11) is 1.61. The van der Waals surface area contributed by atoms with Crippen molar-refractivity contribution >= 4 is 11.7 Å². The number of hydrogen-bond donors (Lipinski definition) is 0. The number of nitrogens with zero attached hydrogens (tertiary/aromatic N) is 3. The van der Waals surface area contributed by atoms with Gasteiger partial charge in [-0.05, 0) is 36.2 Å². The summed E-state index contributed by atoms with van der Waals surface area (Å²) in [5.41, 5.74) is 0.310. The molecule has 1 aromatic carbocycles. The number of carbonyl (C=O) groups is 1. The van der Waals surface area contributed by atoms with E-state index >= 15 is 0 Å². The van der Waals surface area contributed by atoms with Crippen molar-refractivity contribution in [3.63, 3.8) is 0 Å². The Morgan fingerprint density at radius 1 is 1.07 bits per heavy atom. The molecule has 0 atom stereocenters. The van der Waals surface area contributed by atoms with E-state index in [4.69, 9.17) is 4.74 Å². The molecule has 2 heterocycles. The lowest BCUT2D eigenvalue weighted by molar-refractivity contribution is -0.137. The predicted molar refractivity (Wildman–Crippen MR) is 99.3 cm³/mol. The van der Waals surface area contributed by atoms with Crippen LogP contribution in [0.1, 0.15) is 17.5 Å². The summed E-state index contributed by atoms with van der Waals surface area (Å²) in [5.74, 6) is 1.36. The number of pyridine rings is 1. The number of anilines is 1. The standard InChI is InChI=1S/C20H22F3N3O2/c1-28-17-6-2-15(3-7-17)4-9-19(27)26-12-10-25(11-13-26)18-8-5-16(14-24-18)20(21,22)23/h2-3,5-8,14H,4,9-13H2,1H3. The summed E-state index contributed by atoms with van der Waals surface area (Å²) in [5, 5.41) is 0. The zero-order chi connectivity index (χ0) is 20.1. The van der Waals surface area contributed by atoms with Gasteiger partial charge in [-0.25, -0.2) is 4.98 Å². The third-order valence-electron chi connectivity index (χ3n) is 4.82. The van der Waals surface area contributed by atoms with Gasteiger partial charge in [0.15, 0.2) is 0 Å². The molecule has 0 saturated carbocycles. The number of amides is 1. The van der Waals surface area contributed by atoms with Crippen LogP contribution in [0.3, 0.4) is 0 Å². The monoisotopic (exact) mass is 393 g/mol. The molecule has 1 aliphatic rings. The lowest BCUT2D eigenvalue weighted by atomic mass is 10.1. The number of piperazine rings is 1. The molecule has 28 heavy (non-hydrogen) atoms. The van der Waals surface area contributed by atoms with Crippen molar-refractivity contribution in [3.8, 4) is 5.75 Å². The Bertz CT molecular complexity index is 784. The van der Waals surface area contributed by atoms with Gasteiger partial charge in [0, 0.05) is 38.8 Å². The number of halogens is 3. The highest BCUT2D eigenvalue weighted by molar-refractivity contribution is 5.76. The first-order valence-corrected chi connectivity index (χ1v) is 9.06. The summed E-state index contributed by atoms with van der Waals surface area (Å²) in [6, 6.07) is 10.0. The topological polar surface area (TPSA) is 45.7 Å². The van der Waals surface area contributed by atoms with Gasteiger partial charge >= 0.3 is 6.18 Å². The van der Waals surface area contributed by atoms with Gasteiger partial charge < -0.3 is 14.5 Å². The van der Waals surface area contributed by atoms with Crippen molar-refractivity contribution < 1.29 is 22.7 Å². The number of ether oxygens (including phenoxy) is 1. The van der Waals surface area contributed by atoms with E-state index in [0.29, 0.717) is 44.8 Å². The number of benzene rings is 1. The van der Waals surface area contributed by atoms with Crippen molar-refractivity contribution in [3.05, 3.63) is 53.7 Å². The Balaban J connectivity index is 1.48. The molecule has 1 fully saturated rings. The van der Waals surface area contributed by atoms with Gasteiger partial charge in [-0.2, -0.15) is 13.2 Å². The molecule has 1 aliphatic heterocycles. The van der Waals surface area contributed by atoms with Crippen LogP contribution in [0.4, 0.5) is 19.0 Å². The second kappa shape index (κ2) is 8.50. The minimum Gasteiger partial charge on any atom is -0.497 e. The van der Waals surface area contributed by atoms with Gasteiger partial charge in [0.25, 0.3) is 0 Å². The Morgan fingerprint density at radius 3 is 2.29 bits per heavy atom. The maximum atomic E-state index is 12.6. The summed E-state index contributed by atoms with van der Waals surface area (Å²) < 4.78 is 43.0. The fraction of sp³-hybridized carbons (Fsp3) is 0.400. The van der Waals surface area contributed by atoms with Gasteiger partial charge in [-0.3, -0.25) is 4.79 Å². The van der Waals surface area contributed by atoms with E-state index in [9.17, 15) is 18.0 Å². The number of aryl methyl sites for hydroxylation is 1. The molecule has 0 N–H and O–H groups in total. The Morgan fingerprint density at radius 2 is 1.75 bits per heavy atom. The molecule has 5 nitrogen and oxygen atoms in total. The molecule has 0 spiro atoms. The van der Waals surface area contributed by atoms with Crippen LogP contribution < -0.4 is 9.64 Å². The van der Waals surface area contributed by atoms with E-state index < -0.39 is 11.7 Å². The third-order valence-corrected chi connectivity index (χ3v) is 4.82. The zero-order valence-corrected chi connectivity index (χ0v) is 15.6. The van der Waals surface area contributed by atoms with Crippen molar-refractivity contribution in [1.29, 1.82) is 0 Å². The summed E-state index contributed by atoms with van der Waals surface area (Å²) in [6.45, 7) is 2.16. The van der Waals surface area contributed by atoms with Gasteiger partial charge in [0.1, 0.15) is 11.6 Å². The van der Waals surface area contributed by atoms with Crippen LogP contribution in [-0.4, -0.2) is 49.1 Å². The van der Waals surface area contributed by atoms with Crippen LogP contribution in [0.5, 0.6) is 5.75 Å². The molecule has 150 valence electrons. The molecular formula is C20H22F3N3O2. The Kier molecular flexibility index (Phi) is 6.06. The maximum Gasteiger partial charge on any atom is 0.417 e. The zero-order valence-electron chi connectivity index (χ0n) is 15.6. The average Bonchev–Trinajstić information content (AvgIpc) is 2.72. The summed E-state index contributed by atoms with van der Waals surface area (Å²) in [4.78, 5) is 20.0. The number of methoxy groups -OCH3 is 1. The minimum absolute atomic E-state index is 0.0795. The first kappa shape index (κ1) is 20.0. The van der Waals surface area contributed by atoms with Gasteiger partial charge in [0.05, 0.1) is 12.7 Å². The van der Waals surface area contributed by atoms with E-state index in [1.54, 1.807) is 12.0 Å². The molecule has 0 bridgehead atoms. The molecule has 1 saturated heterocycles. The predicted octanol–water partition coefficient (Wildman–Crippen LogP) is 3.39. The quantitative estimate of drug-likeness (QED) is 0.781. The van der Waals surface area contributed by atoms with Crippen LogP contribution in [0, 0.1) is 0 Å². The molecule has 0 aliphatic carbocycles. The van der Waals surface area contributed by atoms with Crippen molar-refractivity contribution in [2.45, 2.75) is 19.0 Å². The molecule has 1 amide bonds. The molecule has 0 radical (unpaired) electrons. The highest BCUT2D eigenvalue weighted by atomic mass is 19.4. The van der Waals surface area contributed by atoms with E-state index in [2.05, 4.69) is 4.98 Å². The van der Waals surface area contributed by atoms with Gasteiger partial charge in [-0.1, -0.05) is 12.1 Å². The highest BCUT2D eigenvalue weighted by Gasteiger charge is 2.31. The van der Waals surface area contributed by atoms with Crippen LogP contribution in [0.2, 0.25) is 0 Å². The number of rotatable bonds is 5. The molecular weight excluding hydrogens is 371 g/mol. The fourth-order valence-corrected chi connectivity index (χ4v) is 3.13. The van der Waals surface area contributed by atoms with E-state index in [-0.39, 0.29) is 5.91 Å². The second-order valence-corrected chi connectivity index (χ2v) is 6.62. The molecule has 8 heteroatoms. The average molecular weight is 393 g/mol. The van der Waals surface area contributed by atoms with Crippen LogP contribution in [0.25, 0.3) is 0 Å². The van der Waals surface area contributed by atoms with Crippen molar-refractivity contribution in [1.82, 2.24) is 9.88 Å². The minimum atomic E-state index is -4.39. The lowest BCUT2D eigenvalue weighted by Crippen LogP contribution is -2.49. The molecule has 1 aromatic heterocycles. The fourth-order valence-electron chi connectivity index (χ4n) is 3.13. The Hall–Kier alpha value is -2.77. The van der Waals surface area contributed by atoms with Crippen molar-refractivity contribution in [2.75, 3.05) is 38.2 Å². The Labute approximate surface area is 161 Å². The number of alkyl halides is 3. The van der Waals surface area contributed by atoms with Gasteiger partial charge in [0.2, 0.25) is 5.91 Å². The lowest BCUT2D eigenvalue weighted by Gasteiger charge is -2.35. The van der Waals surface area contributed by atoms with Crippen LogP contribution in [0.15, 0.2) is 42.6 Å². The SMILES string of the molecule is COc1ccc(CCC(=O)N2CCN(c3ccc(C(F)(F)F)cn3)CC2)cc1. The molecule has 3 rings (SSSR count). The van der Waals surface area contributed by atoms with E-state index in [1.807, 2.05) is 29.2 Å². The normalized spacial score (nSPS) is 14.9. The molecule has 2 aromatic rings. The molecule has 0 unspecified atom stereocenters.